The molecule has 1 aliphatic carbocycles. The van der Waals surface area contributed by atoms with E-state index in [1.165, 1.54) is 12.8 Å². The van der Waals surface area contributed by atoms with Crippen molar-refractivity contribution in [2.45, 2.75) is 44.2 Å². The number of rotatable bonds is 5. The molecule has 1 unspecified atom stereocenters. The van der Waals surface area contributed by atoms with Gasteiger partial charge in [-0.3, -0.25) is 4.90 Å². The first kappa shape index (κ1) is 15.4. The van der Waals surface area contributed by atoms with E-state index in [1.54, 1.807) is 6.07 Å². The van der Waals surface area contributed by atoms with E-state index in [0.717, 1.165) is 43.9 Å². The predicted octanol–water partition coefficient (Wildman–Crippen LogP) is 3.30. The zero-order valence-corrected chi connectivity index (χ0v) is 13.8. The summed E-state index contributed by atoms with van der Waals surface area (Å²) < 4.78 is 2.33. The first-order valence-corrected chi connectivity index (χ1v) is 8.78. The molecule has 5 heteroatoms. The number of benzene rings is 1. The Kier molecular flexibility index (Phi) is 4.10. The van der Waals surface area contributed by atoms with Crippen molar-refractivity contribution in [2.75, 3.05) is 13.1 Å². The van der Waals surface area contributed by atoms with Crippen LogP contribution in [0, 0.1) is 0 Å². The summed E-state index contributed by atoms with van der Waals surface area (Å²) in [5.41, 5.74) is 1.53. The molecule has 0 radical (unpaired) electrons. The Balaban J connectivity index is 1.46. The first-order valence-electron chi connectivity index (χ1n) is 8.78. The Morgan fingerprint density at radius 2 is 2.17 bits per heavy atom. The molecule has 1 aliphatic heterocycles. The van der Waals surface area contributed by atoms with E-state index in [2.05, 4.69) is 26.7 Å². The van der Waals surface area contributed by atoms with Crippen LogP contribution in [0.25, 0.3) is 0 Å². The van der Waals surface area contributed by atoms with Gasteiger partial charge in [-0.15, -0.1) is 0 Å². The highest BCUT2D eigenvalue weighted by molar-refractivity contribution is 5.87. The highest BCUT2D eigenvalue weighted by atomic mass is 16.4. The average molecular weight is 325 g/mol. The van der Waals surface area contributed by atoms with Crippen LogP contribution in [0.2, 0.25) is 0 Å². The molecule has 2 aromatic rings. The van der Waals surface area contributed by atoms with Gasteiger partial charge in [0.15, 0.2) is 0 Å². The van der Waals surface area contributed by atoms with Crippen molar-refractivity contribution in [3.05, 3.63) is 53.6 Å². The van der Waals surface area contributed by atoms with Crippen LogP contribution in [0.1, 0.15) is 59.4 Å². The molecule has 0 bridgehead atoms. The topological polar surface area (TPSA) is 58.4 Å². The third-order valence-electron chi connectivity index (χ3n) is 5.16. The summed E-state index contributed by atoms with van der Waals surface area (Å²) in [4.78, 5) is 18.2. The van der Waals surface area contributed by atoms with Crippen LogP contribution in [0.4, 0.5) is 0 Å². The SMILES string of the molecule is O=C(O)c1cccc(C2CCCN(Cc3nccn3C3CC3)C2)c1. The van der Waals surface area contributed by atoms with Crippen molar-refractivity contribution in [3.8, 4) is 0 Å². The molecule has 2 fully saturated rings. The number of carbonyl (C=O) groups is 1. The van der Waals surface area contributed by atoms with Gasteiger partial charge in [-0.2, -0.15) is 0 Å². The molecule has 1 N–H and O–H groups in total. The maximum Gasteiger partial charge on any atom is 0.335 e. The van der Waals surface area contributed by atoms with Gasteiger partial charge in [-0.05, 0) is 55.8 Å². The lowest BCUT2D eigenvalue weighted by Gasteiger charge is -2.33. The fourth-order valence-corrected chi connectivity index (χ4v) is 3.75. The van der Waals surface area contributed by atoms with Crippen LogP contribution < -0.4 is 0 Å². The minimum Gasteiger partial charge on any atom is -0.478 e. The van der Waals surface area contributed by atoms with Gasteiger partial charge in [0, 0.05) is 25.0 Å². The first-order chi connectivity index (χ1) is 11.7. The number of piperidine rings is 1. The fraction of sp³-hybridized carbons (Fsp3) is 0.474. The normalized spacial score (nSPS) is 21.8. The Morgan fingerprint density at radius 1 is 1.29 bits per heavy atom. The minimum atomic E-state index is -0.851. The summed E-state index contributed by atoms with van der Waals surface area (Å²) in [6.45, 7) is 2.95. The molecule has 2 heterocycles. The number of likely N-dealkylation sites (tertiary alicyclic amines) is 1. The second kappa shape index (κ2) is 6.40. The van der Waals surface area contributed by atoms with Crippen LogP contribution in [0.3, 0.4) is 0 Å². The molecular weight excluding hydrogens is 302 g/mol. The van der Waals surface area contributed by atoms with E-state index in [-0.39, 0.29) is 0 Å². The number of carboxylic acid groups (broad SMARTS) is 1. The van der Waals surface area contributed by atoms with Gasteiger partial charge in [-0.25, -0.2) is 9.78 Å². The molecule has 5 nitrogen and oxygen atoms in total. The van der Waals surface area contributed by atoms with E-state index >= 15 is 0 Å². The van der Waals surface area contributed by atoms with Crippen LogP contribution in [-0.2, 0) is 6.54 Å². The summed E-state index contributed by atoms with van der Waals surface area (Å²) in [5, 5.41) is 9.20. The Bertz CT molecular complexity index is 736. The minimum absolute atomic E-state index is 0.383. The maximum atomic E-state index is 11.2. The predicted molar refractivity (Wildman–Crippen MR) is 91.2 cm³/mol. The van der Waals surface area contributed by atoms with Crippen molar-refractivity contribution < 1.29 is 9.90 Å². The van der Waals surface area contributed by atoms with Crippen LogP contribution in [0.15, 0.2) is 36.7 Å². The molecule has 0 amide bonds. The largest absolute Gasteiger partial charge is 0.478 e. The quantitative estimate of drug-likeness (QED) is 0.916. The third kappa shape index (κ3) is 3.22. The van der Waals surface area contributed by atoms with Crippen molar-refractivity contribution in [2.24, 2.45) is 0 Å². The van der Waals surface area contributed by atoms with Crippen molar-refractivity contribution in [3.63, 3.8) is 0 Å². The molecule has 1 aromatic carbocycles. The summed E-state index contributed by atoms with van der Waals surface area (Å²) in [5.74, 6) is 0.718. The summed E-state index contributed by atoms with van der Waals surface area (Å²) in [6.07, 6.45) is 8.82. The second-order valence-electron chi connectivity index (χ2n) is 6.99. The molecule has 2 aliphatic rings. The number of hydrogen-bond donors (Lipinski definition) is 1. The molecule has 126 valence electrons. The zero-order valence-electron chi connectivity index (χ0n) is 13.8. The monoisotopic (exact) mass is 325 g/mol. The third-order valence-corrected chi connectivity index (χ3v) is 5.16. The van der Waals surface area contributed by atoms with Crippen LogP contribution >= 0.6 is 0 Å². The van der Waals surface area contributed by atoms with Gasteiger partial charge in [0.1, 0.15) is 5.82 Å². The highest BCUT2D eigenvalue weighted by Crippen LogP contribution is 2.36. The van der Waals surface area contributed by atoms with Crippen molar-refractivity contribution >= 4 is 5.97 Å². The van der Waals surface area contributed by atoms with Gasteiger partial charge in [-0.1, -0.05) is 12.1 Å². The summed E-state index contributed by atoms with van der Waals surface area (Å²) in [7, 11) is 0. The summed E-state index contributed by atoms with van der Waals surface area (Å²) in [6, 6.07) is 8.08. The number of aromatic carboxylic acids is 1. The van der Waals surface area contributed by atoms with Gasteiger partial charge in [0.05, 0.1) is 12.1 Å². The Hall–Kier alpha value is -2.14. The van der Waals surface area contributed by atoms with Gasteiger partial charge >= 0.3 is 5.97 Å². The molecule has 1 saturated carbocycles. The number of imidazole rings is 1. The molecule has 0 spiro atoms. The molecule has 1 aromatic heterocycles. The van der Waals surface area contributed by atoms with Gasteiger partial charge in [0.2, 0.25) is 0 Å². The highest BCUT2D eigenvalue weighted by Gasteiger charge is 2.27. The van der Waals surface area contributed by atoms with E-state index in [1.807, 2.05) is 18.3 Å². The summed E-state index contributed by atoms with van der Waals surface area (Å²) >= 11 is 0. The van der Waals surface area contributed by atoms with Gasteiger partial charge in [0.25, 0.3) is 0 Å². The second-order valence-corrected chi connectivity index (χ2v) is 6.99. The van der Waals surface area contributed by atoms with E-state index in [4.69, 9.17) is 0 Å². The smallest absolute Gasteiger partial charge is 0.335 e. The van der Waals surface area contributed by atoms with E-state index < -0.39 is 5.97 Å². The molecule has 24 heavy (non-hydrogen) atoms. The molecule has 1 saturated heterocycles. The average Bonchev–Trinajstić information content (AvgIpc) is 3.35. The molecule has 1 atom stereocenters. The lowest BCUT2D eigenvalue weighted by molar-refractivity contribution is 0.0696. The number of nitrogens with zero attached hydrogens (tertiary/aromatic N) is 3. The number of hydrogen-bond acceptors (Lipinski definition) is 3. The molecule has 4 rings (SSSR count). The van der Waals surface area contributed by atoms with E-state index in [9.17, 15) is 9.90 Å². The van der Waals surface area contributed by atoms with E-state index in [0.29, 0.717) is 17.5 Å². The standard InChI is InChI=1S/C19H23N3O2/c23-19(24)15-4-1-3-14(11-15)16-5-2-9-21(12-16)13-18-20-8-10-22(18)17-6-7-17/h1,3-4,8,10-11,16-17H,2,5-7,9,12-13H2,(H,23,24). The lowest BCUT2D eigenvalue weighted by Crippen LogP contribution is -2.34. The van der Waals surface area contributed by atoms with Crippen LogP contribution in [-0.4, -0.2) is 38.6 Å². The number of aromatic nitrogens is 2. The lowest BCUT2D eigenvalue weighted by atomic mass is 9.89. The zero-order chi connectivity index (χ0) is 16.5. The Labute approximate surface area is 141 Å². The number of carboxylic acids is 1. The maximum absolute atomic E-state index is 11.2. The Morgan fingerprint density at radius 3 is 2.96 bits per heavy atom. The van der Waals surface area contributed by atoms with Gasteiger partial charge < -0.3 is 9.67 Å². The van der Waals surface area contributed by atoms with Crippen molar-refractivity contribution in [1.82, 2.24) is 14.5 Å². The fourth-order valence-electron chi connectivity index (χ4n) is 3.75. The van der Waals surface area contributed by atoms with Crippen molar-refractivity contribution in [1.29, 1.82) is 0 Å². The van der Waals surface area contributed by atoms with Crippen LogP contribution in [0.5, 0.6) is 0 Å². The molecular formula is C19H23N3O2.